The number of hydrogen-bond acceptors (Lipinski definition) is 6. The van der Waals surface area contributed by atoms with Crippen molar-refractivity contribution in [2.75, 3.05) is 12.4 Å². The van der Waals surface area contributed by atoms with Crippen LogP contribution in [-0.2, 0) is 28.7 Å². The van der Waals surface area contributed by atoms with E-state index in [1.54, 1.807) is 11.4 Å². The van der Waals surface area contributed by atoms with Gasteiger partial charge in [-0.05, 0) is 11.8 Å². The molecule has 1 heterocycles. The summed E-state index contributed by atoms with van der Waals surface area (Å²) in [5.74, 6) is 0.105. The van der Waals surface area contributed by atoms with Crippen molar-refractivity contribution in [3.05, 3.63) is 5.02 Å². The zero-order valence-corrected chi connectivity index (χ0v) is 16.1. The Morgan fingerprint density at radius 3 is 2.45 bits per heavy atom. The van der Waals surface area contributed by atoms with Crippen LogP contribution >= 0.6 is 28.4 Å². The number of nitrogens with zero attached hydrogens (tertiary/aromatic N) is 2. The Kier molecular flexibility index (Phi) is 6.01. The fourth-order valence-electron chi connectivity index (χ4n) is 1.53. The second kappa shape index (κ2) is 6.57. The van der Waals surface area contributed by atoms with Crippen LogP contribution in [0.1, 0.15) is 20.8 Å². The third-order valence-electron chi connectivity index (χ3n) is 2.25. The summed E-state index contributed by atoms with van der Waals surface area (Å²) in [6.07, 6.45) is 1.75. The molecule has 1 aromatic heterocycles. The molecule has 1 atom stereocenters. The van der Waals surface area contributed by atoms with E-state index >= 15 is 0 Å². The molecule has 0 radical (unpaired) electrons. The smallest absolute Gasteiger partial charge is 0.257 e. The highest BCUT2D eigenvalue weighted by Gasteiger charge is 2.28. The van der Waals surface area contributed by atoms with E-state index in [-0.39, 0.29) is 15.9 Å². The van der Waals surface area contributed by atoms with Crippen LogP contribution < -0.4 is 4.52 Å². The summed E-state index contributed by atoms with van der Waals surface area (Å²) in [6.45, 7) is 6.02. The number of aryl methyl sites for hydroxylation is 1. The molecule has 0 aromatic carbocycles. The first kappa shape index (κ1) is 18.3. The predicted molar refractivity (Wildman–Crippen MR) is 89.5 cm³/mol. The summed E-state index contributed by atoms with van der Waals surface area (Å²) < 4.78 is 30.4. The van der Waals surface area contributed by atoms with Gasteiger partial charge in [-0.1, -0.05) is 43.8 Å². The molecule has 0 aliphatic heterocycles. The largest absolute Gasteiger partial charge is 0.437 e. The van der Waals surface area contributed by atoms with Gasteiger partial charge in [0.1, 0.15) is 5.02 Å². The lowest BCUT2D eigenvalue weighted by Crippen LogP contribution is -2.05. The van der Waals surface area contributed by atoms with Crippen molar-refractivity contribution in [3.8, 4) is 5.88 Å². The Hall–Kier alpha value is 0.250. The van der Waals surface area contributed by atoms with Crippen molar-refractivity contribution in [1.82, 2.24) is 9.78 Å². The lowest BCUT2D eigenvalue weighted by molar-refractivity contribution is 0.561. The molecule has 1 rings (SSSR count). The van der Waals surface area contributed by atoms with Crippen LogP contribution in [0.4, 0.5) is 0 Å². The lowest BCUT2D eigenvalue weighted by atomic mass is 10.6. The maximum atomic E-state index is 11.7. The summed E-state index contributed by atoms with van der Waals surface area (Å²) in [5, 5.41) is 4.31. The van der Waals surface area contributed by atoms with Gasteiger partial charge in [0.05, 0.1) is 0 Å². The maximum Gasteiger partial charge on any atom is 0.257 e. The van der Waals surface area contributed by atoms with Gasteiger partial charge in [-0.2, -0.15) is 0 Å². The highest BCUT2D eigenvalue weighted by Crippen LogP contribution is 2.61. The normalized spacial score (nSPS) is 15.3. The molecule has 0 spiro atoms. The van der Waals surface area contributed by atoms with E-state index in [0.717, 1.165) is 6.26 Å². The first-order valence-electron chi connectivity index (χ1n) is 5.89. The average Bonchev–Trinajstić information content (AvgIpc) is 2.51. The molecule has 1 unspecified atom stereocenters. The van der Waals surface area contributed by atoms with Crippen molar-refractivity contribution in [3.63, 3.8) is 0 Å². The second-order valence-corrected chi connectivity index (χ2v) is 14.9. The van der Waals surface area contributed by atoms with Crippen LogP contribution in [-0.4, -0.2) is 35.9 Å². The number of sulfone groups is 1. The quantitative estimate of drug-likeness (QED) is 0.710. The Balaban J connectivity index is 3.21. The van der Waals surface area contributed by atoms with Gasteiger partial charge in [0.15, 0.2) is 20.3 Å². The zero-order chi connectivity index (χ0) is 15.7. The summed E-state index contributed by atoms with van der Waals surface area (Å²) >= 11 is 13.2. The SMILES string of the molecule is CCP(=S)(Oc1nn(C)c(S(C)(=O)=O)c1Cl)SC(C)C. The minimum Gasteiger partial charge on any atom is -0.437 e. The summed E-state index contributed by atoms with van der Waals surface area (Å²) in [6, 6.07) is 0. The molecule has 0 aliphatic carbocycles. The van der Waals surface area contributed by atoms with E-state index in [1.165, 1.54) is 11.7 Å². The Morgan fingerprint density at radius 2 is 2.10 bits per heavy atom. The maximum absolute atomic E-state index is 11.7. The minimum absolute atomic E-state index is 0.00188. The third kappa shape index (κ3) is 4.37. The number of rotatable bonds is 6. The molecule has 0 N–H and O–H groups in total. The van der Waals surface area contributed by atoms with E-state index in [2.05, 4.69) is 5.10 Å². The Morgan fingerprint density at radius 1 is 1.55 bits per heavy atom. The molecule has 0 saturated carbocycles. The fourth-order valence-corrected chi connectivity index (χ4v) is 8.97. The molecule has 1 aromatic rings. The second-order valence-electron chi connectivity index (χ2n) is 4.49. The van der Waals surface area contributed by atoms with Gasteiger partial charge < -0.3 is 4.52 Å². The van der Waals surface area contributed by atoms with E-state index in [0.29, 0.717) is 11.4 Å². The fraction of sp³-hybridized carbons (Fsp3) is 0.700. The molecule has 0 aliphatic rings. The monoisotopic (exact) mass is 376 g/mol. The minimum atomic E-state index is -3.47. The molecule has 0 bridgehead atoms. The van der Waals surface area contributed by atoms with Gasteiger partial charge in [-0.25, -0.2) is 8.42 Å². The van der Waals surface area contributed by atoms with E-state index in [9.17, 15) is 8.42 Å². The van der Waals surface area contributed by atoms with Crippen LogP contribution in [0.2, 0.25) is 5.02 Å². The third-order valence-corrected chi connectivity index (χ3v) is 10.8. The molecule has 5 nitrogen and oxygen atoms in total. The standard InChI is InChI=1S/C10H18ClN2O3PS3/c1-6-17(18,19-7(2)3)16-9-8(11)10(13(4)12-9)20(5,14)15/h7H,6H2,1-5H3. The van der Waals surface area contributed by atoms with Crippen LogP contribution in [0.5, 0.6) is 5.88 Å². The van der Waals surface area contributed by atoms with E-state index in [1.807, 2.05) is 20.8 Å². The molecule has 116 valence electrons. The Labute approximate surface area is 134 Å². The van der Waals surface area contributed by atoms with Gasteiger partial charge in [-0.15, -0.1) is 5.10 Å². The number of halogens is 1. The van der Waals surface area contributed by atoms with Crippen LogP contribution in [0.15, 0.2) is 5.03 Å². The molecule has 10 heteroatoms. The van der Waals surface area contributed by atoms with Crippen LogP contribution in [0, 0.1) is 0 Å². The van der Waals surface area contributed by atoms with Gasteiger partial charge in [0.2, 0.25) is 0 Å². The van der Waals surface area contributed by atoms with E-state index in [4.69, 9.17) is 27.9 Å². The van der Waals surface area contributed by atoms with Crippen LogP contribution in [0.3, 0.4) is 0 Å². The predicted octanol–water partition coefficient (Wildman–Crippen LogP) is 3.33. The van der Waals surface area contributed by atoms with E-state index < -0.39 is 15.3 Å². The van der Waals surface area contributed by atoms with Gasteiger partial charge in [-0.3, -0.25) is 4.68 Å². The van der Waals surface area contributed by atoms with Crippen molar-refractivity contribution in [2.24, 2.45) is 7.05 Å². The Bertz CT molecular complexity index is 642. The van der Waals surface area contributed by atoms with Gasteiger partial charge in [0, 0.05) is 24.7 Å². The molecular formula is C10H18ClN2O3PS3. The van der Waals surface area contributed by atoms with Crippen molar-refractivity contribution >= 4 is 50.1 Å². The molecule has 0 fully saturated rings. The van der Waals surface area contributed by atoms with Gasteiger partial charge in [0.25, 0.3) is 5.88 Å². The van der Waals surface area contributed by atoms with Crippen molar-refractivity contribution < 1.29 is 12.9 Å². The topological polar surface area (TPSA) is 61.2 Å². The zero-order valence-electron chi connectivity index (χ0n) is 12.0. The first-order chi connectivity index (χ1) is 9.00. The molecule has 20 heavy (non-hydrogen) atoms. The number of aromatic nitrogens is 2. The summed E-state index contributed by atoms with van der Waals surface area (Å²) in [7, 11) is -1.95. The molecule has 0 saturated heterocycles. The average molecular weight is 377 g/mol. The molecular weight excluding hydrogens is 359 g/mol. The highest BCUT2D eigenvalue weighted by molar-refractivity contribution is 8.69. The van der Waals surface area contributed by atoms with Crippen molar-refractivity contribution in [1.29, 1.82) is 0 Å². The first-order valence-corrected chi connectivity index (χ1v) is 12.6. The van der Waals surface area contributed by atoms with Crippen molar-refractivity contribution in [2.45, 2.75) is 31.0 Å². The summed E-state index contributed by atoms with van der Waals surface area (Å²) in [5.41, 5.74) is -2.17. The lowest BCUT2D eigenvalue weighted by Gasteiger charge is -2.21. The highest BCUT2D eigenvalue weighted by atomic mass is 35.5. The number of hydrogen-bond donors (Lipinski definition) is 0. The summed E-state index contributed by atoms with van der Waals surface area (Å²) in [4.78, 5) is 0. The van der Waals surface area contributed by atoms with Crippen LogP contribution in [0.25, 0.3) is 0 Å². The molecule has 0 amide bonds. The van der Waals surface area contributed by atoms with Gasteiger partial charge >= 0.3 is 0 Å².